The van der Waals surface area contributed by atoms with Crippen LogP contribution in [0.2, 0.25) is 0 Å². The van der Waals surface area contributed by atoms with E-state index >= 15 is 0 Å². The Morgan fingerprint density at radius 2 is 1.53 bits per heavy atom. The molecule has 0 aliphatic carbocycles. The molecule has 1 heterocycles. The second-order valence-corrected chi connectivity index (χ2v) is 11.0. The number of hydrogen-bond donors (Lipinski definition) is 7. The van der Waals surface area contributed by atoms with Crippen molar-refractivity contribution in [1.82, 2.24) is 20.9 Å². The van der Waals surface area contributed by atoms with E-state index in [-0.39, 0.29) is 18.8 Å². The van der Waals surface area contributed by atoms with Gasteiger partial charge < -0.3 is 37.5 Å². The Kier molecular flexibility index (Phi) is 12.7. The first kappa shape index (κ1) is 33.3. The summed E-state index contributed by atoms with van der Waals surface area (Å²) >= 11 is 0. The normalized spacial score (nSPS) is 14.7. The molecule has 3 aromatic rings. The van der Waals surface area contributed by atoms with E-state index < -0.39 is 47.9 Å². The molecule has 0 aliphatic rings. The quantitative estimate of drug-likeness (QED) is 0.117. The summed E-state index contributed by atoms with van der Waals surface area (Å²) in [6.45, 7) is 4.18. The summed E-state index contributed by atoms with van der Waals surface area (Å²) in [6, 6.07) is 12.6. The molecule has 3 amide bonds. The van der Waals surface area contributed by atoms with Crippen LogP contribution in [0.1, 0.15) is 50.7 Å². The fourth-order valence-electron chi connectivity index (χ4n) is 4.92. The Bertz CT molecular complexity index is 1360. The van der Waals surface area contributed by atoms with Gasteiger partial charge in [-0.05, 0) is 42.5 Å². The van der Waals surface area contributed by atoms with E-state index in [1.54, 1.807) is 13.1 Å². The third-order valence-electron chi connectivity index (χ3n) is 7.73. The minimum absolute atomic E-state index is 0.0565. The van der Waals surface area contributed by atoms with Crippen LogP contribution in [0, 0.1) is 5.92 Å². The molecule has 5 atom stereocenters. The smallest absolute Gasteiger partial charge is 0.326 e. The zero-order valence-corrected chi connectivity index (χ0v) is 24.8. The Balaban J connectivity index is 1.77. The van der Waals surface area contributed by atoms with Gasteiger partial charge in [-0.25, -0.2) is 4.79 Å². The number of para-hydroxylation sites is 1. The standard InChI is InChI=1S/C32H44N6O5/c1-3-20(2)28(31(41)37-27(32(42)43)18-22-19-35-25-15-8-7-13-23(22)25)38-30(40)26(17-21-11-5-4-6-12-21)36-29(39)24(34)14-9-10-16-33/h4-8,11-13,15,19-20,24,26-28,35H,3,9-10,14,16-18,33-34H2,1-2H3,(H,36,39)(H,37,41)(H,38,40)(H,42,43). The van der Waals surface area contributed by atoms with Crippen LogP contribution in [0.4, 0.5) is 0 Å². The maximum absolute atomic E-state index is 13.6. The number of nitrogens with two attached hydrogens (primary N) is 2. The van der Waals surface area contributed by atoms with Gasteiger partial charge >= 0.3 is 5.97 Å². The van der Waals surface area contributed by atoms with E-state index in [0.717, 1.165) is 28.5 Å². The van der Waals surface area contributed by atoms with Crippen LogP contribution in [0.25, 0.3) is 10.9 Å². The predicted octanol–water partition coefficient (Wildman–Crippen LogP) is 1.99. The van der Waals surface area contributed by atoms with Gasteiger partial charge in [-0.2, -0.15) is 0 Å². The fourth-order valence-corrected chi connectivity index (χ4v) is 4.92. The summed E-state index contributed by atoms with van der Waals surface area (Å²) in [5, 5.41) is 19.0. The number of unbranched alkanes of at least 4 members (excludes halogenated alkanes) is 1. The summed E-state index contributed by atoms with van der Waals surface area (Å²) in [5.74, 6) is -3.15. The van der Waals surface area contributed by atoms with Crippen molar-refractivity contribution in [1.29, 1.82) is 0 Å². The van der Waals surface area contributed by atoms with Crippen molar-refractivity contribution in [3.63, 3.8) is 0 Å². The van der Waals surface area contributed by atoms with Gasteiger partial charge in [0.2, 0.25) is 17.7 Å². The maximum Gasteiger partial charge on any atom is 0.326 e. The van der Waals surface area contributed by atoms with Gasteiger partial charge in [0.1, 0.15) is 18.1 Å². The molecule has 11 heteroatoms. The third kappa shape index (κ3) is 9.65. The van der Waals surface area contributed by atoms with Crippen LogP contribution in [0.15, 0.2) is 60.8 Å². The number of fused-ring (bicyclic) bond motifs is 1. The molecule has 11 nitrogen and oxygen atoms in total. The van der Waals surface area contributed by atoms with Crippen molar-refractivity contribution in [3.05, 3.63) is 71.9 Å². The molecule has 9 N–H and O–H groups in total. The lowest BCUT2D eigenvalue weighted by Gasteiger charge is -2.28. The molecular formula is C32H44N6O5. The second kappa shape index (κ2) is 16.4. The maximum atomic E-state index is 13.6. The highest BCUT2D eigenvalue weighted by atomic mass is 16.4. The lowest BCUT2D eigenvalue weighted by molar-refractivity contribution is -0.142. The van der Waals surface area contributed by atoms with Crippen LogP contribution < -0.4 is 27.4 Å². The van der Waals surface area contributed by atoms with Gasteiger partial charge in [0.05, 0.1) is 6.04 Å². The predicted molar refractivity (Wildman–Crippen MR) is 166 cm³/mol. The Morgan fingerprint density at radius 3 is 2.21 bits per heavy atom. The number of carboxylic acids is 1. The number of aromatic nitrogens is 1. The van der Waals surface area contributed by atoms with Crippen molar-refractivity contribution < 1.29 is 24.3 Å². The Morgan fingerprint density at radius 1 is 0.860 bits per heavy atom. The molecule has 2 aromatic carbocycles. The fraction of sp³-hybridized carbons (Fsp3) is 0.438. The van der Waals surface area contributed by atoms with E-state index in [9.17, 15) is 24.3 Å². The van der Waals surface area contributed by atoms with Crippen molar-refractivity contribution in [2.24, 2.45) is 17.4 Å². The largest absolute Gasteiger partial charge is 0.480 e. The number of rotatable bonds is 17. The molecular weight excluding hydrogens is 548 g/mol. The number of aromatic amines is 1. The number of H-pyrrole nitrogens is 1. The van der Waals surface area contributed by atoms with Gasteiger partial charge in [-0.1, -0.05) is 75.2 Å². The molecule has 0 saturated carbocycles. The average molecular weight is 593 g/mol. The van der Waals surface area contributed by atoms with Crippen LogP contribution >= 0.6 is 0 Å². The summed E-state index contributed by atoms with van der Waals surface area (Å²) in [5.41, 5.74) is 14.1. The first-order chi connectivity index (χ1) is 20.6. The number of aliphatic carboxylic acids is 1. The van der Waals surface area contributed by atoms with E-state index in [1.165, 1.54) is 0 Å². The van der Waals surface area contributed by atoms with Gasteiger partial charge in [0, 0.05) is 29.9 Å². The number of hydrogen-bond acceptors (Lipinski definition) is 6. The Hall–Kier alpha value is -4.22. The topological polar surface area (TPSA) is 192 Å². The second-order valence-electron chi connectivity index (χ2n) is 11.0. The van der Waals surface area contributed by atoms with E-state index in [2.05, 4.69) is 20.9 Å². The molecule has 0 radical (unpaired) electrons. The van der Waals surface area contributed by atoms with E-state index in [0.29, 0.717) is 25.8 Å². The number of carbonyl (C=O) groups is 4. The number of benzene rings is 2. The molecule has 43 heavy (non-hydrogen) atoms. The Labute approximate surface area is 252 Å². The van der Waals surface area contributed by atoms with Crippen molar-refractivity contribution in [3.8, 4) is 0 Å². The lowest BCUT2D eigenvalue weighted by Crippen LogP contribution is -2.59. The molecule has 0 aliphatic heterocycles. The highest BCUT2D eigenvalue weighted by molar-refractivity contribution is 5.94. The molecule has 0 spiro atoms. The number of nitrogens with one attached hydrogen (secondary N) is 4. The lowest BCUT2D eigenvalue weighted by atomic mass is 9.96. The summed E-state index contributed by atoms with van der Waals surface area (Å²) < 4.78 is 0. The molecule has 3 rings (SSSR count). The number of amides is 3. The molecule has 0 fully saturated rings. The first-order valence-electron chi connectivity index (χ1n) is 14.8. The molecule has 232 valence electrons. The molecule has 1 aromatic heterocycles. The summed E-state index contributed by atoms with van der Waals surface area (Å²) in [6.07, 6.45) is 4.35. The first-order valence-corrected chi connectivity index (χ1v) is 14.8. The summed E-state index contributed by atoms with van der Waals surface area (Å²) in [4.78, 5) is 55.4. The highest BCUT2D eigenvalue weighted by Gasteiger charge is 2.33. The van der Waals surface area contributed by atoms with Crippen LogP contribution in [-0.2, 0) is 32.0 Å². The number of carboxylic acid groups (broad SMARTS) is 1. The highest BCUT2D eigenvalue weighted by Crippen LogP contribution is 2.19. The van der Waals surface area contributed by atoms with Crippen LogP contribution in [0.5, 0.6) is 0 Å². The minimum atomic E-state index is -1.22. The molecule has 0 bridgehead atoms. The van der Waals surface area contributed by atoms with Gasteiger partial charge in [-0.15, -0.1) is 0 Å². The van der Waals surface area contributed by atoms with Crippen molar-refractivity contribution in [2.75, 3.05) is 6.54 Å². The molecule has 5 unspecified atom stereocenters. The third-order valence-corrected chi connectivity index (χ3v) is 7.73. The van der Waals surface area contributed by atoms with E-state index in [4.69, 9.17) is 11.5 Å². The van der Waals surface area contributed by atoms with Crippen molar-refractivity contribution >= 4 is 34.6 Å². The average Bonchev–Trinajstić information content (AvgIpc) is 3.41. The van der Waals surface area contributed by atoms with Gasteiger partial charge in [0.25, 0.3) is 0 Å². The SMILES string of the molecule is CCC(C)C(NC(=O)C(Cc1ccccc1)NC(=O)C(N)CCCCN)C(=O)NC(Cc1c[nH]c2ccccc12)C(=O)O. The zero-order valence-electron chi connectivity index (χ0n) is 24.8. The zero-order chi connectivity index (χ0) is 31.4. The minimum Gasteiger partial charge on any atom is -0.480 e. The monoisotopic (exact) mass is 592 g/mol. The van der Waals surface area contributed by atoms with Crippen molar-refractivity contribution in [2.45, 2.75) is 76.5 Å². The van der Waals surface area contributed by atoms with Gasteiger partial charge in [-0.3, -0.25) is 14.4 Å². The summed E-state index contributed by atoms with van der Waals surface area (Å²) in [7, 11) is 0. The van der Waals surface area contributed by atoms with Crippen LogP contribution in [-0.4, -0.2) is 64.5 Å². The van der Waals surface area contributed by atoms with Crippen LogP contribution in [0.3, 0.4) is 0 Å². The van der Waals surface area contributed by atoms with Gasteiger partial charge in [0.15, 0.2) is 0 Å². The van der Waals surface area contributed by atoms with E-state index in [1.807, 2.05) is 61.5 Å². The molecule has 0 saturated heterocycles. The number of carbonyl (C=O) groups excluding carboxylic acids is 3.